The first-order valence-corrected chi connectivity index (χ1v) is 6.85. The maximum absolute atomic E-state index is 13.4. The van der Waals surface area contributed by atoms with E-state index in [9.17, 15) is 12.8 Å². The van der Waals surface area contributed by atoms with E-state index in [-0.39, 0.29) is 30.0 Å². The largest absolute Gasteiger partial charge is 0.316 e. The lowest BCUT2D eigenvalue weighted by Gasteiger charge is -2.13. The molecular formula is C10H15Cl2FN2O2S. The first-order chi connectivity index (χ1) is 7.88. The van der Waals surface area contributed by atoms with E-state index in [0.29, 0.717) is 0 Å². The van der Waals surface area contributed by atoms with Crippen LogP contribution in [0, 0.1) is 5.82 Å². The van der Waals surface area contributed by atoms with Crippen LogP contribution < -0.4 is 10.0 Å². The van der Waals surface area contributed by atoms with E-state index >= 15 is 0 Å². The Labute approximate surface area is 117 Å². The van der Waals surface area contributed by atoms with Gasteiger partial charge in [0.1, 0.15) is 10.7 Å². The molecule has 4 nitrogen and oxygen atoms in total. The van der Waals surface area contributed by atoms with Crippen molar-refractivity contribution in [2.75, 3.05) is 13.6 Å². The molecular weight excluding hydrogens is 302 g/mol. The molecule has 1 aromatic rings. The van der Waals surface area contributed by atoms with Gasteiger partial charge in [0.15, 0.2) is 0 Å². The Balaban J connectivity index is 0.00000289. The van der Waals surface area contributed by atoms with Gasteiger partial charge in [0, 0.05) is 12.6 Å². The van der Waals surface area contributed by atoms with Crippen molar-refractivity contribution in [1.29, 1.82) is 0 Å². The fraction of sp³-hybridized carbons (Fsp3) is 0.400. The quantitative estimate of drug-likeness (QED) is 0.870. The molecule has 104 valence electrons. The third-order valence-corrected chi connectivity index (χ3v) is 4.19. The van der Waals surface area contributed by atoms with Gasteiger partial charge in [0.2, 0.25) is 10.0 Å². The Morgan fingerprint density at radius 1 is 1.44 bits per heavy atom. The minimum atomic E-state index is -3.92. The molecule has 8 heteroatoms. The molecule has 0 radical (unpaired) electrons. The van der Waals surface area contributed by atoms with Gasteiger partial charge >= 0.3 is 0 Å². The smallest absolute Gasteiger partial charge is 0.245 e. The number of hydrogen-bond donors (Lipinski definition) is 2. The molecule has 0 saturated carbocycles. The summed E-state index contributed by atoms with van der Waals surface area (Å²) in [6.07, 6.45) is 0. The Morgan fingerprint density at radius 3 is 2.56 bits per heavy atom. The SMILES string of the molecule is CNC(C)CNS(=O)(=O)c1c(F)cccc1Cl.Cl. The second-order valence-corrected chi connectivity index (χ2v) is 5.70. The van der Waals surface area contributed by atoms with E-state index in [1.54, 1.807) is 14.0 Å². The second kappa shape index (κ2) is 7.25. The summed E-state index contributed by atoms with van der Waals surface area (Å²) in [5, 5.41) is 2.73. The number of halogens is 3. The summed E-state index contributed by atoms with van der Waals surface area (Å²) in [7, 11) is -2.22. The summed E-state index contributed by atoms with van der Waals surface area (Å²) in [5.41, 5.74) is 0. The van der Waals surface area contributed by atoms with Gasteiger partial charge in [-0.15, -0.1) is 12.4 Å². The molecule has 1 rings (SSSR count). The van der Waals surface area contributed by atoms with Crippen LogP contribution in [0.1, 0.15) is 6.92 Å². The monoisotopic (exact) mass is 316 g/mol. The molecule has 1 atom stereocenters. The summed E-state index contributed by atoms with van der Waals surface area (Å²) < 4.78 is 39.4. The number of rotatable bonds is 5. The average Bonchev–Trinajstić information content (AvgIpc) is 2.25. The molecule has 2 N–H and O–H groups in total. The lowest BCUT2D eigenvalue weighted by Crippen LogP contribution is -2.37. The van der Waals surface area contributed by atoms with Crippen LogP contribution in [0.2, 0.25) is 5.02 Å². The maximum Gasteiger partial charge on any atom is 0.245 e. The molecule has 0 aliphatic heterocycles. The Morgan fingerprint density at radius 2 is 2.06 bits per heavy atom. The second-order valence-electron chi connectivity index (χ2n) is 3.59. The van der Waals surface area contributed by atoms with Crippen molar-refractivity contribution < 1.29 is 12.8 Å². The highest BCUT2D eigenvalue weighted by Gasteiger charge is 2.22. The first-order valence-electron chi connectivity index (χ1n) is 4.99. The molecule has 0 bridgehead atoms. The molecule has 0 amide bonds. The van der Waals surface area contributed by atoms with Gasteiger partial charge in [-0.3, -0.25) is 0 Å². The highest BCUT2D eigenvalue weighted by atomic mass is 35.5. The van der Waals surface area contributed by atoms with Crippen LogP contribution >= 0.6 is 24.0 Å². The van der Waals surface area contributed by atoms with E-state index in [1.807, 2.05) is 0 Å². The molecule has 0 aromatic heterocycles. The van der Waals surface area contributed by atoms with E-state index < -0.39 is 20.7 Å². The normalized spacial score (nSPS) is 12.9. The van der Waals surface area contributed by atoms with Crippen molar-refractivity contribution in [3.8, 4) is 0 Å². The standard InChI is InChI=1S/C10H14ClFN2O2S.ClH/c1-7(13-2)6-14-17(15,16)10-8(11)4-3-5-9(10)12;/h3-5,7,13-14H,6H2,1-2H3;1H. The van der Waals surface area contributed by atoms with Gasteiger partial charge in [-0.2, -0.15) is 0 Å². The van der Waals surface area contributed by atoms with Crippen molar-refractivity contribution in [3.63, 3.8) is 0 Å². The predicted octanol–water partition coefficient (Wildman–Crippen LogP) is 1.79. The minimum absolute atomic E-state index is 0. The molecule has 1 unspecified atom stereocenters. The minimum Gasteiger partial charge on any atom is -0.316 e. The Kier molecular flexibility index (Phi) is 7.09. The average molecular weight is 317 g/mol. The summed E-state index contributed by atoms with van der Waals surface area (Å²) in [4.78, 5) is -0.509. The molecule has 0 heterocycles. The summed E-state index contributed by atoms with van der Waals surface area (Å²) in [5.74, 6) is -0.859. The Hall–Kier alpha value is -0.400. The molecule has 0 saturated heterocycles. The van der Waals surface area contributed by atoms with E-state index in [1.165, 1.54) is 12.1 Å². The first kappa shape index (κ1) is 17.6. The molecule has 18 heavy (non-hydrogen) atoms. The predicted molar refractivity (Wildman–Crippen MR) is 72.4 cm³/mol. The molecule has 1 aromatic carbocycles. The van der Waals surface area contributed by atoms with Gasteiger partial charge in [0.25, 0.3) is 0 Å². The van der Waals surface area contributed by atoms with Crippen molar-refractivity contribution in [2.24, 2.45) is 0 Å². The van der Waals surface area contributed by atoms with Gasteiger partial charge in [-0.05, 0) is 26.1 Å². The number of benzene rings is 1. The van der Waals surface area contributed by atoms with Crippen LogP contribution in [0.3, 0.4) is 0 Å². The van der Waals surface area contributed by atoms with Crippen LogP contribution in [-0.2, 0) is 10.0 Å². The summed E-state index contributed by atoms with van der Waals surface area (Å²) in [6.45, 7) is 1.95. The molecule has 0 spiro atoms. The van der Waals surface area contributed by atoms with Crippen LogP contribution in [0.4, 0.5) is 4.39 Å². The zero-order valence-electron chi connectivity index (χ0n) is 9.91. The van der Waals surface area contributed by atoms with Crippen molar-refractivity contribution in [1.82, 2.24) is 10.0 Å². The van der Waals surface area contributed by atoms with Gasteiger partial charge in [0.05, 0.1) is 5.02 Å². The highest BCUT2D eigenvalue weighted by molar-refractivity contribution is 7.89. The zero-order chi connectivity index (χ0) is 13.1. The highest BCUT2D eigenvalue weighted by Crippen LogP contribution is 2.23. The lowest BCUT2D eigenvalue weighted by atomic mass is 10.3. The van der Waals surface area contributed by atoms with Crippen LogP contribution in [0.5, 0.6) is 0 Å². The van der Waals surface area contributed by atoms with E-state index in [2.05, 4.69) is 10.0 Å². The van der Waals surface area contributed by atoms with Crippen LogP contribution in [0.15, 0.2) is 23.1 Å². The molecule has 0 fully saturated rings. The fourth-order valence-corrected chi connectivity index (χ4v) is 2.88. The number of sulfonamides is 1. The summed E-state index contributed by atoms with van der Waals surface area (Å²) in [6, 6.07) is 3.69. The van der Waals surface area contributed by atoms with Crippen molar-refractivity contribution >= 4 is 34.0 Å². The van der Waals surface area contributed by atoms with Crippen molar-refractivity contribution in [3.05, 3.63) is 29.0 Å². The topological polar surface area (TPSA) is 58.2 Å². The molecule has 0 aliphatic rings. The van der Waals surface area contributed by atoms with E-state index in [0.717, 1.165) is 6.07 Å². The maximum atomic E-state index is 13.4. The van der Waals surface area contributed by atoms with Gasteiger partial charge in [-0.1, -0.05) is 17.7 Å². The number of nitrogens with one attached hydrogen (secondary N) is 2. The third kappa shape index (κ3) is 4.37. The molecule has 0 aliphatic carbocycles. The fourth-order valence-electron chi connectivity index (χ4n) is 1.15. The lowest BCUT2D eigenvalue weighted by molar-refractivity contribution is 0.540. The Bertz CT molecular complexity index is 476. The number of likely N-dealkylation sites (N-methyl/N-ethyl adjacent to an activating group) is 1. The van der Waals surface area contributed by atoms with Gasteiger partial charge < -0.3 is 5.32 Å². The van der Waals surface area contributed by atoms with E-state index in [4.69, 9.17) is 11.6 Å². The van der Waals surface area contributed by atoms with Crippen LogP contribution in [-0.4, -0.2) is 28.1 Å². The van der Waals surface area contributed by atoms with Gasteiger partial charge in [-0.25, -0.2) is 17.5 Å². The van der Waals surface area contributed by atoms with Crippen molar-refractivity contribution in [2.45, 2.75) is 17.9 Å². The third-order valence-electron chi connectivity index (χ3n) is 2.26. The zero-order valence-corrected chi connectivity index (χ0v) is 12.3. The number of hydrogen-bond acceptors (Lipinski definition) is 3. The van der Waals surface area contributed by atoms with Crippen LogP contribution in [0.25, 0.3) is 0 Å². The summed E-state index contributed by atoms with van der Waals surface area (Å²) >= 11 is 5.69.